The molecule has 2 fully saturated rings. The second-order valence-electron chi connectivity index (χ2n) is 8.35. The highest BCUT2D eigenvalue weighted by molar-refractivity contribution is 7.90. The topological polar surface area (TPSA) is 75.3 Å². The van der Waals surface area contributed by atoms with Crippen LogP contribution < -0.4 is 10.0 Å². The summed E-state index contributed by atoms with van der Waals surface area (Å²) in [6.07, 6.45) is 5.94. The van der Waals surface area contributed by atoms with Gasteiger partial charge in [-0.2, -0.15) is 0 Å². The fourth-order valence-electron chi connectivity index (χ4n) is 4.84. The minimum atomic E-state index is -3.57. The van der Waals surface area contributed by atoms with Gasteiger partial charge < -0.3 is 5.32 Å². The summed E-state index contributed by atoms with van der Waals surface area (Å²) >= 11 is 0. The predicted octanol–water partition coefficient (Wildman–Crippen LogP) is 2.33. The number of carbonyl (C=O) groups excluding carboxylic acids is 1. The van der Waals surface area contributed by atoms with Gasteiger partial charge in [-0.3, -0.25) is 4.79 Å². The van der Waals surface area contributed by atoms with E-state index in [1.165, 1.54) is 11.1 Å². The molecule has 4 rings (SSSR count). The monoisotopic (exact) mass is 376 g/mol. The minimum Gasteiger partial charge on any atom is -0.352 e. The third-order valence-corrected chi connectivity index (χ3v) is 7.68. The number of hydrogen-bond donors (Lipinski definition) is 2. The predicted molar refractivity (Wildman–Crippen MR) is 101 cm³/mol. The van der Waals surface area contributed by atoms with Gasteiger partial charge in [0.15, 0.2) is 0 Å². The average Bonchev–Trinajstić information content (AvgIpc) is 3.29. The molecular weight excluding hydrogens is 348 g/mol. The first-order valence-electron chi connectivity index (χ1n) is 9.80. The van der Waals surface area contributed by atoms with E-state index < -0.39 is 15.8 Å². The van der Waals surface area contributed by atoms with Gasteiger partial charge in [0.05, 0.1) is 0 Å². The highest BCUT2D eigenvalue weighted by Gasteiger charge is 2.53. The van der Waals surface area contributed by atoms with Crippen LogP contribution in [0.3, 0.4) is 0 Å². The molecule has 1 aromatic carbocycles. The number of hydrogen-bond acceptors (Lipinski definition) is 3. The van der Waals surface area contributed by atoms with Crippen LogP contribution in [-0.2, 0) is 21.2 Å². The van der Waals surface area contributed by atoms with Gasteiger partial charge in [0.25, 0.3) is 0 Å². The lowest BCUT2D eigenvalue weighted by molar-refractivity contribution is -0.118. The Labute approximate surface area is 156 Å². The van der Waals surface area contributed by atoms with E-state index >= 15 is 0 Å². The summed E-state index contributed by atoms with van der Waals surface area (Å²) in [7, 11) is -3.57. The molecule has 5 nitrogen and oxygen atoms in total. The summed E-state index contributed by atoms with van der Waals surface area (Å²) in [6.45, 7) is 2.20. The maximum atomic E-state index is 12.3. The summed E-state index contributed by atoms with van der Waals surface area (Å²) < 4.78 is 27.4. The first-order chi connectivity index (χ1) is 12.4. The zero-order valence-electron chi connectivity index (χ0n) is 15.3. The smallest absolute Gasteiger partial charge is 0.236 e. The van der Waals surface area contributed by atoms with Gasteiger partial charge in [-0.05, 0) is 61.5 Å². The van der Waals surface area contributed by atoms with Gasteiger partial charge in [-0.25, -0.2) is 13.1 Å². The van der Waals surface area contributed by atoms with E-state index in [-0.39, 0.29) is 18.0 Å². The van der Waals surface area contributed by atoms with Crippen LogP contribution in [-0.4, -0.2) is 32.2 Å². The molecule has 0 unspecified atom stereocenters. The number of amides is 1. The minimum absolute atomic E-state index is 0.0145. The molecule has 1 amide bonds. The van der Waals surface area contributed by atoms with Crippen molar-refractivity contribution in [1.29, 1.82) is 0 Å². The van der Waals surface area contributed by atoms with Crippen LogP contribution in [0.2, 0.25) is 0 Å². The Kier molecular flexibility index (Phi) is 4.82. The lowest BCUT2D eigenvalue weighted by Gasteiger charge is -2.26. The van der Waals surface area contributed by atoms with Crippen molar-refractivity contribution in [1.82, 2.24) is 10.0 Å². The normalized spacial score (nSPS) is 33.0. The van der Waals surface area contributed by atoms with Crippen LogP contribution in [0.1, 0.15) is 56.1 Å². The molecule has 0 heterocycles. The third-order valence-electron chi connectivity index (χ3n) is 6.34. The van der Waals surface area contributed by atoms with Crippen molar-refractivity contribution < 1.29 is 13.2 Å². The van der Waals surface area contributed by atoms with E-state index in [0.29, 0.717) is 17.8 Å². The molecule has 3 aliphatic rings. The first kappa shape index (κ1) is 18.0. The number of nitrogens with one attached hydrogen (secondary N) is 2. The zero-order valence-corrected chi connectivity index (χ0v) is 16.1. The van der Waals surface area contributed by atoms with E-state index in [1.807, 2.05) is 6.07 Å². The van der Waals surface area contributed by atoms with E-state index in [0.717, 1.165) is 38.5 Å². The maximum Gasteiger partial charge on any atom is 0.236 e. The molecule has 0 bridgehead atoms. The number of benzene rings is 1. The van der Waals surface area contributed by atoms with Gasteiger partial charge in [-0.1, -0.05) is 31.2 Å². The van der Waals surface area contributed by atoms with Crippen LogP contribution in [0.15, 0.2) is 24.3 Å². The van der Waals surface area contributed by atoms with Gasteiger partial charge in [0, 0.05) is 18.0 Å². The summed E-state index contributed by atoms with van der Waals surface area (Å²) in [6, 6.07) is 8.47. The third kappa shape index (κ3) is 3.81. The molecule has 3 aliphatic carbocycles. The zero-order chi connectivity index (χ0) is 18.3. The Bertz CT molecular complexity index is 784. The second kappa shape index (κ2) is 6.97. The lowest BCUT2D eigenvalue weighted by Crippen LogP contribution is -2.43. The summed E-state index contributed by atoms with van der Waals surface area (Å²) in [4.78, 5) is 12.3. The fourth-order valence-corrected chi connectivity index (χ4v) is 6.09. The SMILES string of the molecule is CC1CCC(NS(=O)(=O)CC(=O)N[C@@H]2[C@H]3CCc4ccccc4[C@H]32)CC1. The van der Waals surface area contributed by atoms with Crippen LogP contribution in [0.4, 0.5) is 0 Å². The molecule has 0 spiro atoms. The van der Waals surface area contributed by atoms with E-state index in [1.54, 1.807) is 0 Å². The largest absolute Gasteiger partial charge is 0.352 e. The number of carbonyl (C=O) groups is 1. The lowest BCUT2D eigenvalue weighted by atomic mass is 9.88. The molecule has 0 radical (unpaired) electrons. The molecule has 26 heavy (non-hydrogen) atoms. The number of aryl methyl sites for hydroxylation is 1. The number of rotatable bonds is 5. The maximum absolute atomic E-state index is 12.3. The van der Waals surface area contributed by atoms with Crippen molar-refractivity contribution in [2.24, 2.45) is 11.8 Å². The fraction of sp³-hybridized carbons (Fsp3) is 0.650. The Balaban J connectivity index is 1.31. The quantitative estimate of drug-likeness (QED) is 0.828. The number of fused-ring (bicyclic) bond motifs is 3. The van der Waals surface area contributed by atoms with Crippen molar-refractivity contribution in [2.45, 2.75) is 63.5 Å². The molecule has 1 aromatic rings. The van der Waals surface area contributed by atoms with Crippen LogP contribution >= 0.6 is 0 Å². The van der Waals surface area contributed by atoms with E-state index in [2.05, 4.69) is 35.2 Å². The van der Waals surface area contributed by atoms with Gasteiger partial charge >= 0.3 is 0 Å². The van der Waals surface area contributed by atoms with Crippen LogP contribution in [0.5, 0.6) is 0 Å². The van der Waals surface area contributed by atoms with Crippen molar-refractivity contribution in [3.63, 3.8) is 0 Å². The number of sulfonamides is 1. The molecule has 3 atom stereocenters. The van der Waals surface area contributed by atoms with Gasteiger partial charge in [0.2, 0.25) is 15.9 Å². The van der Waals surface area contributed by atoms with Gasteiger partial charge in [0.1, 0.15) is 5.75 Å². The van der Waals surface area contributed by atoms with Gasteiger partial charge in [-0.15, -0.1) is 0 Å². The van der Waals surface area contributed by atoms with E-state index in [9.17, 15) is 13.2 Å². The molecular formula is C20H28N2O3S. The molecule has 0 aromatic heterocycles. The van der Waals surface area contributed by atoms with Crippen LogP contribution in [0.25, 0.3) is 0 Å². The molecule has 142 valence electrons. The second-order valence-corrected chi connectivity index (χ2v) is 10.1. The summed E-state index contributed by atoms with van der Waals surface area (Å²) in [5, 5.41) is 2.98. The molecule has 0 aliphatic heterocycles. The average molecular weight is 377 g/mol. The van der Waals surface area contributed by atoms with Crippen LogP contribution in [0, 0.1) is 11.8 Å². The standard InChI is InChI=1S/C20H28N2O3S/c1-13-6-9-15(10-7-13)22-26(24,25)12-18(23)21-20-17-11-8-14-4-2-3-5-16(14)19(17)20/h2-5,13,15,17,19-20,22H,6-12H2,1H3,(H,21,23)/t13?,15?,17-,19+,20+/m0/s1. The van der Waals surface area contributed by atoms with Crippen molar-refractivity contribution >= 4 is 15.9 Å². The van der Waals surface area contributed by atoms with Crippen molar-refractivity contribution in [3.8, 4) is 0 Å². The highest BCUT2D eigenvalue weighted by atomic mass is 32.2. The molecule has 6 heteroatoms. The summed E-state index contributed by atoms with van der Waals surface area (Å²) in [5.41, 5.74) is 2.69. The Morgan fingerprint density at radius 2 is 1.85 bits per heavy atom. The van der Waals surface area contributed by atoms with Crippen molar-refractivity contribution in [2.75, 3.05) is 5.75 Å². The Hall–Kier alpha value is -1.40. The van der Waals surface area contributed by atoms with E-state index in [4.69, 9.17) is 0 Å². The summed E-state index contributed by atoms with van der Waals surface area (Å²) in [5.74, 6) is 0.652. The molecule has 2 saturated carbocycles. The molecule has 0 saturated heterocycles. The Morgan fingerprint density at radius 3 is 2.62 bits per heavy atom. The molecule has 2 N–H and O–H groups in total. The Morgan fingerprint density at radius 1 is 1.12 bits per heavy atom. The highest BCUT2D eigenvalue weighted by Crippen LogP contribution is 2.54. The van der Waals surface area contributed by atoms with Crippen molar-refractivity contribution in [3.05, 3.63) is 35.4 Å². The first-order valence-corrected chi connectivity index (χ1v) is 11.5.